The Morgan fingerprint density at radius 1 is 1.40 bits per heavy atom. The fraction of sp³-hybridized carbons (Fsp3) is 1.00. The van der Waals surface area contributed by atoms with Gasteiger partial charge in [-0.15, -0.1) is 0 Å². The Kier molecular flexibility index (Phi) is 4.00. The second-order valence-electron chi connectivity index (χ2n) is 4.99. The minimum absolute atomic E-state index is 0.468. The van der Waals surface area contributed by atoms with Gasteiger partial charge in [-0.05, 0) is 45.2 Å². The molecule has 1 N–H and O–H groups in total. The molecule has 0 radical (unpaired) electrons. The first-order valence-corrected chi connectivity index (χ1v) is 6.26. The quantitative estimate of drug-likeness (QED) is 0.738. The zero-order valence-electron chi connectivity index (χ0n) is 10.0. The first-order chi connectivity index (χ1) is 7.33. The third-order valence-electron chi connectivity index (χ3n) is 3.81. The number of hydrogen-bond donors (Lipinski definition) is 1. The fourth-order valence-corrected chi connectivity index (χ4v) is 2.62. The predicted molar refractivity (Wildman–Crippen MR) is 62.0 cm³/mol. The minimum atomic E-state index is 0.468. The van der Waals surface area contributed by atoms with Crippen molar-refractivity contribution < 1.29 is 4.74 Å². The molecule has 15 heavy (non-hydrogen) atoms. The van der Waals surface area contributed by atoms with Crippen LogP contribution in [-0.4, -0.2) is 50.8 Å². The molecular formula is C12H24N2O. The molecule has 1 saturated heterocycles. The lowest BCUT2D eigenvalue weighted by atomic mass is 10.1. The van der Waals surface area contributed by atoms with Crippen LogP contribution in [0.5, 0.6) is 0 Å². The maximum Gasteiger partial charge on any atom is 0.0698 e. The van der Waals surface area contributed by atoms with E-state index in [1.807, 2.05) is 7.11 Å². The largest absolute Gasteiger partial charge is 0.380 e. The predicted octanol–water partition coefficient (Wildman–Crippen LogP) is 1.10. The molecule has 1 aliphatic carbocycles. The monoisotopic (exact) mass is 212 g/mol. The summed E-state index contributed by atoms with van der Waals surface area (Å²) >= 11 is 0. The van der Waals surface area contributed by atoms with Gasteiger partial charge in [0.15, 0.2) is 0 Å². The van der Waals surface area contributed by atoms with Gasteiger partial charge in [-0.2, -0.15) is 0 Å². The van der Waals surface area contributed by atoms with Gasteiger partial charge in [-0.3, -0.25) is 4.90 Å². The van der Waals surface area contributed by atoms with Gasteiger partial charge in [0.1, 0.15) is 0 Å². The van der Waals surface area contributed by atoms with E-state index in [4.69, 9.17) is 4.74 Å². The van der Waals surface area contributed by atoms with E-state index in [2.05, 4.69) is 17.3 Å². The zero-order chi connectivity index (χ0) is 10.7. The van der Waals surface area contributed by atoms with Crippen LogP contribution in [0.25, 0.3) is 0 Å². The molecule has 1 saturated carbocycles. The van der Waals surface area contributed by atoms with Crippen LogP contribution in [0.2, 0.25) is 0 Å². The average molecular weight is 212 g/mol. The van der Waals surface area contributed by atoms with Crippen LogP contribution < -0.4 is 5.32 Å². The zero-order valence-corrected chi connectivity index (χ0v) is 10.0. The summed E-state index contributed by atoms with van der Waals surface area (Å²) in [5.41, 5.74) is 0. The highest BCUT2D eigenvalue weighted by Gasteiger charge is 2.32. The second kappa shape index (κ2) is 5.28. The Balaban J connectivity index is 1.76. The normalized spacial score (nSPS) is 30.4. The molecule has 2 rings (SSSR count). The lowest BCUT2D eigenvalue weighted by molar-refractivity contribution is 0.0275. The first kappa shape index (κ1) is 11.4. The van der Waals surface area contributed by atoms with E-state index in [9.17, 15) is 0 Å². The third kappa shape index (κ3) is 3.16. The second-order valence-corrected chi connectivity index (χ2v) is 4.99. The number of likely N-dealkylation sites (tertiary alicyclic amines) is 1. The Morgan fingerprint density at radius 2 is 2.20 bits per heavy atom. The van der Waals surface area contributed by atoms with Gasteiger partial charge in [0.05, 0.1) is 6.10 Å². The van der Waals surface area contributed by atoms with Crippen molar-refractivity contribution in [2.45, 2.75) is 37.8 Å². The molecule has 1 aliphatic heterocycles. The maximum absolute atomic E-state index is 5.45. The summed E-state index contributed by atoms with van der Waals surface area (Å²) in [4.78, 5) is 2.57. The highest BCUT2D eigenvalue weighted by molar-refractivity contribution is 4.88. The Bertz CT molecular complexity index is 194. The number of piperidine rings is 1. The number of methoxy groups -OCH3 is 1. The number of hydrogen-bond acceptors (Lipinski definition) is 3. The van der Waals surface area contributed by atoms with Crippen LogP contribution >= 0.6 is 0 Å². The summed E-state index contributed by atoms with van der Waals surface area (Å²) in [6.07, 6.45) is 5.84. The standard InChI is InChI=1S/C12H24N2O/c1-13-12(10-5-6-10)9-14-7-3-4-11(8-14)15-2/h10-13H,3-9H2,1-2H3. The van der Waals surface area contributed by atoms with Crippen molar-refractivity contribution >= 4 is 0 Å². The molecule has 1 heterocycles. The molecular weight excluding hydrogens is 188 g/mol. The summed E-state index contributed by atoms with van der Waals surface area (Å²) in [5.74, 6) is 0.943. The summed E-state index contributed by atoms with van der Waals surface area (Å²) in [5, 5.41) is 3.46. The minimum Gasteiger partial charge on any atom is -0.380 e. The number of nitrogens with zero attached hydrogens (tertiary/aromatic N) is 1. The highest BCUT2D eigenvalue weighted by Crippen LogP contribution is 2.33. The Labute approximate surface area is 93.2 Å². The van der Waals surface area contributed by atoms with Crippen molar-refractivity contribution in [3.8, 4) is 0 Å². The van der Waals surface area contributed by atoms with Gasteiger partial charge in [0, 0.05) is 26.2 Å². The van der Waals surface area contributed by atoms with E-state index >= 15 is 0 Å². The highest BCUT2D eigenvalue weighted by atomic mass is 16.5. The van der Waals surface area contributed by atoms with Crippen molar-refractivity contribution in [2.75, 3.05) is 33.8 Å². The third-order valence-corrected chi connectivity index (χ3v) is 3.81. The van der Waals surface area contributed by atoms with E-state index in [0.29, 0.717) is 12.1 Å². The van der Waals surface area contributed by atoms with E-state index in [1.165, 1.54) is 38.8 Å². The molecule has 0 aromatic heterocycles. The molecule has 88 valence electrons. The Morgan fingerprint density at radius 3 is 2.80 bits per heavy atom. The van der Waals surface area contributed by atoms with Crippen LogP contribution in [0.1, 0.15) is 25.7 Å². The Hall–Kier alpha value is -0.120. The summed E-state index contributed by atoms with van der Waals surface area (Å²) in [6.45, 7) is 3.59. The number of ether oxygens (including phenoxy) is 1. The molecule has 0 spiro atoms. The molecule has 0 aromatic carbocycles. The topological polar surface area (TPSA) is 24.5 Å². The maximum atomic E-state index is 5.45. The summed E-state index contributed by atoms with van der Waals surface area (Å²) in [7, 11) is 3.94. The van der Waals surface area contributed by atoms with Gasteiger partial charge >= 0.3 is 0 Å². The van der Waals surface area contributed by atoms with E-state index in [1.54, 1.807) is 0 Å². The molecule has 0 aromatic rings. The van der Waals surface area contributed by atoms with Crippen LogP contribution in [0.4, 0.5) is 0 Å². The van der Waals surface area contributed by atoms with Crippen molar-refractivity contribution in [1.29, 1.82) is 0 Å². The SMILES string of the molecule is CNC(CN1CCCC(OC)C1)C1CC1. The van der Waals surface area contributed by atoms with Crippen LogP contribution in [0, 0.1) is 5.92 Å². The summed E-state index contributed by atoms with van der Waals surface area (Å²) < 4.78 is 5.45. The lowest BCUT2D eigenvalue weighted by Crippen LogP contribution is -2.46. The van der Waals surface area contributed by atoms with Crippen LogP contribution in [-0.2, 0) is 4.74 Å². The molecule has 2 unspecified atom stereocenters. The molecule has 2 atom stereocenters. The fourth-order valence-electron chi connectivity index (χ4n) is 2.62. The molecule has 0 amide bonds. The van der Waals surface area contributed by atoms with Gasteiger partial charge in [-0.25, -0.2) is 0 Å². The van der Waals surface area contributed by atoms with Gasteiger partial charge < -0.3 is 10.1 Å². The molecule has 2 fully saturated rings. The van der Waals surface area contributed by atoms with E-state index in [-0.39, 0.29) is 0 Å². The van der Waals surface area contributed by atoms with Crippen molar-refractivity contribution in [1.82, 2.24) is 10.2 Å². The molecule has 2 aliphatic rings. The molecule has 3 heteroatoms. The number of nitrogens with one attached hydrogen (secondary N) is 1. The average Bonchev–Trinajstić information content (AvgIpc) is 3.10. The first-order valence-electron chi connectivity index (χ1n) is 6.26. The van der Waals surface area contributed by atoms with Crippen LogP contribution in [0.15, 0.2) is 0 Å². The lowest BCUT2D eigenvalue weighted by Gasteiger charge is -2.34. The van der Waals surface area contributed by atoms with E-state index < -0.39 is 0 Å². The summed E-state index contributed by atoms with van der Waals surface area (Å²) in [6, 6.07) is 0.709. The molecule has 0 bridgehead atoms. The van der Waals surface area contributed by atoms with Crippen LogP contribution in [0.3, 0.4) is 0 Å². The molecule has 3 nitrogen and oxygen atoms in total. The van der Waals surface area contributed by atoms with Crippen molar-refractivity contribution in [2.24, 2.45) is 5.92 Å². The number of rotatable bonds is 5. The van der Waals surface area contributed by atoms with Crippen molar-refractivity contribution in [3.63, 3.8) is 0 Å². The van der Waals surface area contributed by atoms with Gasteiger partial charge in [-0.1, -0.05) is 0 Å². The smallest absolute Gasteiger partial charge is 0.0698 e. The van der Waals surface area contributed by atoms with Gasteiger partial charge in [0.25, 0.3) is 0 Å². The van der Waals surface area contributed by atoms with E-state index in [0.717, 1.165) is 12.5 Å². The van der Waals surface area contributed by atoms with Crippen molar-refractivity contribution in [3.05, 3.63) is 0 Å². The van der Waals surface area contributed by atoms with Gasteiger partial charge in [0.2, 0.25) is 0 Å². The number of likely N-dealkylation sites (N-methyl/N-ethyl adjacent to an activating group) is 1.